The van der Waals surface area contributed by atoms with Crippen LogP contribution < -0.4 is 19.7 Å². The minimum absolute atomic E-state index is 0.495. The summed E-state index contributed by atoms with van der Waals surface area (Å²) in [5.41, 5.74) is 1.74. The highest BCUT2D eigenvalue weighted by Gasteiger charge is 2.20. The van der Waals surface area contributed by atoms with Gasteiger partial charge in [-0.2, -0.15) is 5.10 Å². The number of rotatable bonds is 7. The number of fused-ring (bicyclic) bond motifs is 1. The first-order valence-electron chi connectivity index (χ1n) is 9.41. The van der Waals surface area contributed by atoms with E-state index in [1.165, 1.54) is 0 Å². The Balaban J connectivity index is 1.75. The smallest absolute Gasteiger partial charge is 0.172 e. The molecule has 0 unspecified atom stereocenters. The molecule has 4 rings (SSSR count). The molecule has 0 aliphatic carbocycles. The molecule has 9 nitrogen and oxygen atoms in total. The number of methoxy groups -OCH3 is 1. The monoisotopic (exact) mass is 396 g/mol. The third kappa shape index (κ3) is 4.24. The summed E-state index contributed by atoms with van der Waals surface area (Å²) in [4.78, 5) is 11.5. The first-order chi connectivity index (χ1) is 14.1. The van der Waals surface area contributed by atoms with Gasteiger partial charge in [0, 0.05) is 38.5 Å². The highest BCUT2D eigenvalue weighted by atomic mass is 16.6. The number of nitrogens with one attached hydrogen (secondary N) is 2. The molecule has 0 fully saturated rings. The van der Waals surface area contributed by atoms with Gasteiger partial charge in [-0.1, -0.05) is 6.07 Å². The number of anilines is 3. The van der Waals surface area contributed by atoms with Gasteiger partial charge in [0.05, 0.1) is 12.2 Å². The zero-order valence-corrected chi connectivity index (χ0v) is 16.7. The Morgan fingerprint density at radius 2 is 2.03 bits per heavy atom. The standard InChI is InChI=1S/C20H24N6O3/c1-13-11-17(25-24-13)21-16-12-18(26(2)7-8-27-3)23-20(22-16)14-5-4-6-15-19(14)29-10-9-28-15/h4-6,11-12H,7-10H2,1-3H3,(H2,21,22,23,24,25). The minimum Gasteiger partial charge on any atom is -0.486 e. The van der Waals surface area contributed by atoms with Crippen LogP contribution in [0.2, 0.25) is 0 Å². The number of para-hydroxylation sites is 1. The predicted octanol–water partition coefficient (Wildman–Crippen LogP) is 2.77. The van der Waals surface area contributed by atoms with Gasteiger partial charge in [-0.05, 0) is 19.1 Å². The van der Waals surface area contributed by atoms with Crippen molar-refractivity contribution in [2.24, 2.45) is 0 Å². The Morgan fingerprint density at radius 3 is 2.83 bits per heavy atom. The van der Waals surface area contributed by atoms with Crippen molar-refractivity contribution in [3.63, 3.8) is 0 Å². The largest absolute Gasteiger partial charge is 0.486 e. The van der Waals surface area contributed by atoms with Gasteiger partial charge in [0.2, 0.25) is 0 Å². The number of benzene rings is 1. The Kier molecular flexibility index (Phi) is 5.48. The van der Waals surface area contributed by atoms with Crippen LogP contribution in [0.4, 0.5) is 17.5 Å². The fraction of sp³-hybridized carbons (Fsp3) is 0.350. The van der Waals surface area contributed by atoms with Crippen LogP contribution in [-0.2, 0) is 4.74 Å². The number of hydrogen-bond donors (Lipinski definition) is 2. The second-order valence-corrected chi connectivity index (χ2v) is 6.74. The van der Waals surface area contributed by atoms with Crippen LogP contribution in [0.5, 0.6) is 11.5 Å². The van der Waals surface area contributed by atoms with E-state index in [-0.39, 0.29) is 0 Å². The van der Waals surface area contributed by atoms with Crippen LogP contribution in [0.3, 0.4) is 0 Å². The van der Waals surface area contributed by atoms with Crippen LogP contribution in [0.15, 0.2) is 30.3 Å². The van der Waals surface area contributed by atoms with Crippen molar-refractivity contribution < 1.29 is 14.2 Å². The maximum atomic E-state index is 5.86. The van der Waals surface area contributed by atoms with Gasteiger partial charge in [0.15, 0.2) is 23.1 Å². The topological polar surface area (TPSA) is 97.4 Å². The molecule has 2 N–H and O–H groups in total. The van der Waals surface area contributed by atoms with Crippen molar-refractivity contribution >= 4 is 17.5 Å². The molecule has 9 heteroatoms. The molecular formula is C20H24N6O3. The van der Waals surface area contributed by atoms with Crippen molar-refractivity contribution in [3.8, 4) is 22.9 Å². The van der Waals surface area contributed by atoms with Crippen molar-refractivity contribution in [3.05, 3.63) is 36.0 Å². The maximum Gasteiger partial charge on any atom is 0.172 e. The van der Waals surface area contributed by atoms with E-state index in [0.717, 1.165) is 17.1 Å². The van der Waals surface area contributed by atoms with E-state index >= 15 is 0 Å². The summed E-state index contributed by atoms with van der Waals surface area (Å²) in [6.45, 7) is 4.26. The fourth-order valence-corrected chi connectivity index (χ4v) is 3.02. The normalized spacial score (nSPS) is 12.7. The Morgan fingerprint density at radius 1 is 1.17 bits per heavy atom. The zero-order chi connectivity index (χ0) is 20.2. The summed E-state index contributed by atoms with van der Waals surface area (Å²) in [5, 5.41) is 10.4. The third-order valence-electron chi connectivity index (χ3n) is 4.50. The summed E-state index contributed by atoms with van der Waals surface area (Å²) in [6, 6.07) is 9.54. The Labute approximate surface area is 169 Å². The number of aromatic amines is 1. The zero-order valence-electron chi connectivity index (χ0n) is 16.7. The van der Waals surface area contributed by atoms with Crippen molar-refractivity contribution in [1.29, 1.82) is 0 Å². The number of hydrogen-bond acceptors (Lipinski definition) is 8. The van der Waals surface area contributed by atoms with Crippen LogP contribution in [0.1, 0.15) is 5.69 Å². The van der Waals surface area contributed by atoms with E-state index in [1.54, 1.807) is 7.11 Å². The molecular weight excluding hydrogens is 372 g/mol. The molecule has 0 saturated carbocycles. The highest BCUT2D eigenvalue weighted by molar-refractivity contribution is 5.72. The van der Waals surface area contributed by atoms with E-state index in [4.69, 9.17) is 24.2 Å². The lowest BCUT2D eigenvalue weighted by molar-refractivity contribution is 0.172. The van der Waals surface area contributed by atoms with Crippen LogP contribution >= 0.6 is 0 Å². The lowest BCUT2D eigenvalue weighted by Crippen LogP contribution is -2.23. The van der Waals surface area contributed by atoms with Crippen LogP contribution in [0.25, 0.3) is 11.4 Å². The summed E-state index contributed by atoms with van der Waals surface area (Å²) >= 11 is 0. The number of likely N-dealkylation sites (N-methyl/N-ethyl adjacent to an activating group) is 1. The van der Waals surface area contributed by atoms with E-state index in [9.17, 15) is 0 Å². The van der Waals surface area contributed by atoms with Gasteiger partial charge < -0.3 is 24.4 Å². The lowest BCUT2D eigenvalue weighted by atomic mass is 10.1. The average molecular weight is 396 g/mol. The second kappa shape index (κ2) is 8.36. The van der Waals surface area contributed by atoms with Gasteiger partial charge in [-0.3, -0.25) is 5.10 Å². The molecule has 0 amide bonds. The maximum absolute atomic E-state index is 5.86. The van der Waals surface area contributed by atoms with Gasteiger partial charge in [-0.15, -0.1) is 0 Å². The first-order valence-corrected chi connectivity index (χ1v) is 9.41. The molecule has 0 saturated heterocycles. The van der Waals surface area contributed by atoms with E-state index in [1.807, 2.05) is 49.2 Å². The fourth-order valence-electron chi connectivity index (χ4n) is 3.02. The molecule has 0 bridgehead atoms. The molecule has 1 aliphatic heterocycles. The molecule has 29 heavy (non-hydrogen) atoms. The van der Waals surface area contributed by atoms with E-state index < -0.39 is 0 Å². The van der Waals surface area contributed by atoms with E-state index in [2.05, 4.69) is 15.5 Å². The van der Waals surface area contributed by atoms with Crippen molar-refractivity contribution in [1.82, 2.24) is 20.2 Å². The second-order valence-electron chi connectivity index (χ2n) is 6.74. The predicted molar refractivity (Wildman–Crippen MR) is 110 cm³/mol. The molecule has 0 radical (unpaired) electrons. The molecule has 152 valence electrons. The number of aromatic nitrogens is 4. The minimum atomic E-state index is 0.495. The van der Waals surface area contributed by atoms with Crippen LogP contribution in [-0.4, -0.2) is 60.7 Å². The number of nitrogens with zero attached hydrogens (tertiary/aromatic N) is 4. The summed E-state index contributed by atoms with van der Waals surface area (Å²) in [6.07, 6.45) is 0. The average Bonchev–Trinajstić information content (AvgIpc) is 3.15. The highest BCUT2D eigenvalue weighted by Crippen LogP contribution is 2.39. The number of H-pyrrole nitrogens is 1. The molecule has 0 spiro atoms. The van der Waals surface area contributed by atoms with Gasteiger partial charge in [0.1, 0.15) is 24.8 Å². The lowest BCUT2D eigenvalue weighted by Gasteiger charge is -2.22. The molecule has 0 atom stereocenters. The van der Waals surface area contributed by atoms with Crippen molar-refractivity contribution in [2.45, 2.75) is 6.92 Å². The Hall–Kier alpha value is -3.33. The third-order valence-corrected chi connectivity index (χ3v) is 4.50. The molecule has 2 aromatic heterocycles. The van der Waals surface area contributed by atoms with Crippen molar-refractivity contribution in [2.75, 3.05) is 50.7 Å². The van der Waals surface area contributed by atoms with Gasteiger partial charge in [0.25, 0.3) is 0 Å². The quantitative estimate of drug-likeness (QED) is 0.629. The SMILES string of the molecule is COCCN(C)c1cc(Nc2cc(C)[nH]n2)nc(-c2cccc3c2OCCO3)n1. The molecule has 1 aliphatic rings. The number of aryl methyl sites for hydroxylation is 1. The van der Waals surface area contributed by atoms with Gasteiger partial charge in [-0.25, -0.2) is 9.97 Å². The summed E-state index contributed by atoms with van der Waals surface area (Å²) < 4.78 is 16.8. The summed E-state index contributed by atoms with van der Waals surface area (Å²) in [7, 11) is 3.65. The van der Waals surface area contributed by atoms with Crippen LogP contribution in [0, 0.1) is 6.92 Å². The first kappa shape index (κ1) is 19.0. The molecule has 3 aromatic rings. The van der Waals surface area contributed by atoms with Gasteiger partial charge >= 0.3 is 0 Å². The summed E-state index contributed by atoms with van der Waals surface area (Å²) in [5.74, 6) is 3.99. The van der Waals surface area contributed by atoms with E-state index in [0.29, 0.717) is 55.3 Å². The number of ether oxygens (including phenoxy) is 3. The molecule has 1 aromatic carbocycles. The Bertz CT molecular complexity index is 990. The molecule has 3 heterocycles.